The number of hydrogen-bond donors (Lipinski definition) is 0. The third-order valence-electron chi connectivity index (χ3n) is 4.93. The minimum Gasteiger partial charge on any atom is -0.462 e. The van der Waals surface area contributed by atoms with Crippen LogP contribution in [0.4, 0.5) is 0 Å². The van der Waals surface area contributed by atoms with E-state index in [2.05, 4.69) is 53.5 Å². The van der Waals surface area contributed by atoms with Crippen LogP contribution in [0.3, 0.4) is 0 Å². The quantitative estimate of drug-likeness (QED) is 0.363. The van der Waals surface area contributed by atoms with Gasteiger partial charge in [-0.15, -0.1) is 0 Å². The molecule has 5 heteroatoms. The Bertz CT molecular complexity index is 917. The van der Waals surface area contributed by atoms with Gasteiger partial charge in [-0.05, 0) is 37.0 Å². The molecule has 5 nitrogen and oxygen atoms in total. The summed E-state index contributed by atoms with van der Waals surface area (Å²) in [7, 11) is 0. The van der Waals surface area contributed by atoms with Crippen molar-refractivity contribution in [2.75, 3.05) is 13.2 Å². The molecular formula is C25H25N3O2. The molecule has 0 aromatic heterocycles. The SMILES string of the molecule is CCOC(=O)/C(C#N)=C1/C=CN(CCCC(c2ccccc2)c2ccccc2)C=N1. The van der Waals surface area contributed by atoms with E-state index in [9.17, 15) is 10.1 Å². The Balaban J connectivity index is 1.63. The van der Waals surface area contributed by atoms with Crippen LogP contribution < -0.4 is 0 Å². The van der Waals surface area contributed by atoms with Crippen molar-refractivity contribution in [1.29, 1.82) is 5.26 Å². The second kappa shape index (κ2) is 10.8. The second-order valence-electron chi connectivity index (χ2n) is 6.91. The van der Waals surface area contributed by atoms with E-state index < -0.39 is 5.97 Å². The van der Waals surface area contributed by atoms with Gasteiger partial charge in [0.15, 0.2) is 5.57 Å². The molecule has 0 bridgehead atoms. The largest absolute Gasteiger partial charge is 0.462 e. The molecule has 0 aliphatic carbocycles. The zero-order chi connectivity index (χ0) is 21.2. The van der Waals surface area contributed by atoms with Gasteiger partial charge in [-0.25, -0.2) is 9.79 Å². The Hall–Kier alpha value is -3.65. The van der Waals surface area contributed by atoms with E-state index in [1.165, 1.54) is 11.1 Å². The first-order valence-corrected chi connectivity index (χ1v) is 10.1. The molecule has 1 aliphatic rings. The van der Waals surface area contributed by atoms with Gasteiger partial charge in [-0.2, -0.15) is 5.26 Å². The molecule has 2 aromatic rings. The number of hydrogen-bond acceptors (Lipinski definition) is 5. The van der Waals surface area contributed by atoms with Gasteiger partial charge in [0.25, 0.3) is 0 Å². The fourth-order valence-electron chi connectivity index (χ4n) is 3.45. The van der Waals surface area contributed by atoms with Crippen LogP contribution in [0, 0.1) is 11.3 Å². The van der Waals surface area contributed by atoms with Crippen molar-refractivity contribution < 1.29 is 9.53 Å². The molecule has 0 fully saturated rings. The first-order chi connectivity index (χ1) is 14.7. The predicted molar refractivity (Wildman–Crippen MR) is 118 cm³/mol. The number of benzene rings is 2. The van der Waals surface area contributed by atoms with Crippen LogP contribution >= 0.6 is 0 Å². The van der Waals surface area contributed by atoms with Crippen molar-refractivity contribution in [3.8, 4) is 6.07 Å². The fraction of sp³-hybridized carbons (Fsp3) is 0.240. The van der Waals surface area contributed by atoms with E-state index in [0.29, 0.717) is 11.6 Å². The van der Waals surface area contributed by atoms with E-state index in [1.807, 2.05) is 29.3 Å². The number of carbonyl (C=O) groups excluding carboxylic acids is 1. The lowest BCUT2D eigenvalue weighted by molar-refractivity contribution is -0.138. The number of rotatable bonds is 8. The number of nitriles is 1. The van der Waals surface area contributed by atoms with E-state index in [1.54, 1.807) is 19.3 Å². The first-order valence-electron chi connectivity index (χ1n) is 10.1. The maximum atomic E-state index is 11.8. The van der Waals surface area contributed by atoms with Gasteiger partial charge in [-0.3, -0.25) is 0 Å². The van der Waals surface area contributed by atoms with Crippen molar-refractivity contribution in [3.05, 3.63) is 95.3 Å². The lowest BCUT2D eigenvalue weighted by atomic mass is 9.87. The minimum atomic E-state index is -0.640. The number of esters is 1. The third kappa shape index (κ3) is 5.45. The molecular weight excluding hydrogens is 374 g/mol. The van der Waals surface area contributed by atoms with E-state index in [0.717, 1.165) is 19.4 Å². The zero-order valence-electron chi connectivity index (χ0n) is 17.1. The fourth-order valence-corrected chi connectivity index (χ4v) is 3.45. The summed E-state index contributed by atoms with van der Waals surface area (Å²) in [5, 5.41) is 9.23. The number of aliphatic imine (C=N–C) groups is 1. The Morgan fingerprint density at radius 2 is 1.73 bits per heavy atom. The lowest BCUT2D eigenvalue weighted by Gasteiger charge is -2.21. The molecule has 2 aromatic carbocycles. The monoisotopic (exact) mass is 399 g/mol. The molecule has 0 unspecified atom stereocenters. The van der Waals surface area contributed by atoms with Crippen molar-refractivity contribution in [2.24, 2.45) is 4.99 Å². The molecule has 0 N–H and O–H groups in total. The smallest absolute Gasteiger partial charge is 0.351 e. The van der Waals surface area contributed by atoms with Crippen molar-refractivity contribution in [1.82, 2.24) is 4.90 Å². The van der Waals surface area contributed by atoms with Crippen LogP contribution in [0.5, 0.6) is 0 Å². The molecule has 1 heterocycles. The minimum absolute atomic E-state index is 0.0720. The maximum Gasteiger partial charge on any atom is 0.351 e. The third-order valence-corrected chi connectivity index (χ3v) is 4.93. The normalized spacial score (nSPS) is 14.5. The summed E-state index contributed by atoms with van der Waals surface area (Å²) >= 11 is 0. The summed E-state index contributed by atoms with van der Waals surface area (Å²) in [5.74, 6) is -0.304. The number of carbonyl (C=O) groups is 1. The summed E-state index contributed by atoms with van der Waals surface area (Å²) in [6.07, 6.45) is 7.15. The summed E-state index contributed by atoms with van der Waals surface area (Å²) in [5.41, 5.74) is 2.88. The molecule has 152 valence electrons. The van der Waals surface area contributed by atoms with Crippen LogP contribution in [0.25, 0.3) is 0 Å². The molecule has 0 atom stereocenters. The van der Waals surface area contributed by atoms with Crippen LogP contribution in [0.2, 0.25) is 0 Å². The van der Waals surface area contributed by atoms with Gasteiger partial charge in [0.2, 0.25) is 0 Å². The number of allylic oxidation sites excluding steroid dienone is 1. The van der Waals surface area contributed by atoms with Crippen LogP contribution in [-0.2, 0) is 9.53 Å². The molecule has 0 amide bonds. The van der Waals surface area contributed by atoms with Gasteiger partial charge in [0.05, 0.1) is 18.6 Å². The topological polar surface area (TPSA) is 65.7 Å². The highest BCUT2D eigenvalue weighted by Gasteiger charge is 2.17. The molecule has 0 spiro atoms. The van der Waals surface area contributed by atoms with Gasteiger partial charge in [0.1, 0.15) is 6.07 Å². The first kappa shape index (κ1) is 21.1. The molecule has 0 saturated carbocycles. The molecule has 30 heavy (non-hydrogen) atoms. The second-order valence-corrected chi connectivity index (χ2v) is 6.91. The number of ether oxygens (including phenoxy) is 1. The van der Waals surface area contributed by atoms with E-state index >= 15 is 0 Å². The summed E-state index contributed by atoms with van der Waals surface area (Å²) in [6.45, 7) is 2.73. The molecule has 1 aliphatic heterocycles. The van der Waals surface area contributed by atoms with Crippen LogP contribution in [0.15, 0.2) is 89.2 Å². The van der Waals surface area contributed by atoms with E-state index in [-0.39, 0.29) is 12.2 Å². The zero-order valence-corrected chi connectivity index (χ0v) is 17.1. The van der Waals surface area contributed by atoms with Crippen molar-refractivity contribution >= 4 is 12.3 Å². The van der Waals surface area contributed by atoms with Gasteiger partial charge in [0, 0.05) is 18.7 Å². The predicted octanol–water partition coefficient (Wildman–Crippen LogP) is 4.80. The average molecular weight is 399 g/mol. The Morgan fingerprint density at radius 3 is 2.23 bits per heavy atom. The molecule has 0 saturated heterocycles. The maximum absolute atomic E-state index is 11.8. The Labute approximate surface area is 177 Å². The highest BCUT2D eigenvalue weighted by molar-refractivity contribution is 5.94. The Morgan fingerprint density at radius 1 is 1.10 bits per heavy atom. The number of nitrogens with zero attached hydrogens (tertiary/aromatic N) is 3. The van der Waals surface area contributed by atoms with Crippen LogP contribution in [-0.4, -0.2) is 30.4 Å². The average Bonchev–Trinajstić information content (AvgIpc) is 2.79. The highest BCUT2D eigenvalue weighted by Crippen LogP contribution is 2.29. The van der Waals surface area contributed by atoms with Crippen LogP contribution in [0.1, 0.15) is 36.8 Å². The summed E-state index contributed by atoms with van der Waals surface area (Å²) in [6, 6.07) is 23.0. The summed E-state index contributed by atoms with van der Waals surface area (Å²) < 4.78 is 4.91. The van der Waals surface area contributed by atoms with Gasteiger partial charge < -0.3 is 9.64 Å². The molecule has 3 rings (SSSR count). The van der Waals surface area contributed by atoms with Gasteiger partial charge >= 0.3 is 5.97 Å². The van der Waals surface area contributed by atoms with Crippen molar-refractivity contribution in [3.63, 3.8) is 0 Å². The van der Waals surface area contributed by atoms with Crippen molar-refractivity contribution in [2.45, 2.75) is 25.7 Å². The highest BCUT2D eigenvalue weighted by atomic mass is 16.5. The summed E-state index contributed by atoms with van der Waals surface area (Å²) in [4.78, 5) is 18.1. The van der Waals surface area contributed by atoms with Gasteiger partial charge in [-0.1, -0.05) is 60.7 Å². The standard InChI is InChI=1S/C25H25N3O2/c1-2-30-25(29)23(18-26)24-15-17-28(19-27-24)16-9-14-22(20-10-5-3-6-11-20)21-12-7-4-8-13-21/h3-8,10-13,15,17,19,22H,2,9,14,16H2,1H3/b24-23-. The lowest BCUT2D eigenvalue weighted by Crippen LogP contribution is -2.20. The van der Waals surface area contributed by atoms with E-state index in [4.69, 9.17) is 4.74 Å². The molecule has 0 radical (unpaired) electrons. The Kier molecular flexibility index (Phi) is 7.57.